The Kier molecular flexibility index (Phi) is 2.97. The Labute approximate surface area is 102 Å². The highest BCUT2D eigenvalue weighted by atomic mass is 15.2. The van der Waals surface area contributed by atoms with Crippen LogP contribution in [0.2, 0.25) is 0 Å². The molecule has 2 aliphatic heterocycles. The van der Waals surface area contributed by atoms with Gasteiger partial charge in [-0.25, -0.2) is 9.97 Å². The Balaban J connectivity index is 1.76. The first kappa shape index (κ1) is 11.0. The molecule has 2 atom stereocenters. The molecule has 0 aromatic carbocycles. The normalized spacial score (nSPS) is 28.2. The summed E-state index contributed by atoms with van der Waals surface area (Å²) in [6.45, 7) is 5.57. The van der Waals surface area contributed by atoms with E-state index < -0.39 is 0 Å². The molecule has 2 saturated heterocycles. The van der Waals surface area contributed by atoms with Crippen molar-refractivity contribution in [2.75, 3.05) is 24.5 Å². The second kappa shape index (κ2) is 4.61. The summed E-state index contributed by atoms with van der Waals surface area (Å²) in [7, 11) is 0. The molecule has 0 aliphatic carbocycles. The number of rotatable bonds is 2. The standard InChI is InChI=1S/C13H20N4/c1-2-11-6-13(16-9-15-11)17-7-10-4-3-5-14-12(10)8-17/h6,9-10,12,14H,2-5,7-8H2,1H3. The van der Waals surface area contributed by atoms with Crippen molar-refractivity contribution in [2.45, 2.75) is 32.2 Å². The molecule has 2 fully saturated rings. The van der Waals surface area contributed by atoms with Crippen molar-refractivity contribution in [2.24, 2.45) is 5.92 Å². The zero-order chi connectivity index (χ0) is 11.7. The van der Waals surface area contributed by atoms with E-state index in [4.69, 9.17) is 0 Å². The minimum atomic E-state index is 0.670. The van der Waals surface area contributed by atoms with Crippen LogP contribution in [0.3, 0.4) is 0 Å². The summed E-state index contributed by atoms with van der Waals surface area (Å²) in [4.78, 5) is 11.1. The van der Waals surface area contributed by atoms with Crippen molar-refractivity contribution in [3.63, 3.8) is 0 Å². The van der Waals surface area contributed by atoms with Crippen LogP contribution in [-0.2, 0) is 6.42 Å². The van der Waals surface area contributed by atoms with Crippen LogP contribution in [0.1, 0.15) is 25.5 Å². The number of hydrogen-bond acceptors (Lipinski definition) is 4. The number of nitrogens with zero attached hydrogens (tertiary/aromatic N) is 3. The highest BCUT2D eigenvalue weighted by Crippen LogP contribution is 2.27. The Morgan fingerprint density at radius 2 is 2.35 bits per heavy atom. The lowest BCUT2D eigenvalue weighted by atomic mass is 9.94. The minimum absolute atomic E-state index is 0.670. The monoisotopic (exact) mass is 232 g/mol. The van der Waals surface area contributed by atoms with Gasteiger partial charge in [-0.15, -0.1) is 0 Å². The van der Waals surface area contributed by atoms with Gasteiger partial charge in [-0.1, -0.05) is 6.92 Å². The van der Waals surface area contributed by atoms with Gasteiger partial charge in [0.2, 0.25) is 0 Å². The second-order valence-electron chi connectivity index (χ2n) is 5.09. The fourth-order valence-electron chi connectivity index (χ4n) is 2.99. The summed E-state index contributed by atoms with van der Waals surface area (Å²) in [6.07, 6.45) is 5.36. The Bertz CT molecular complexity index is 379. The molecule has 1 aromatic heterocycles. The molecule has 0 bridgehead atoms. The molecule has 17 heavy (non-hydrogen) atoms. The molecule has 3 heterocycles. The summed E-state index contributed by atoms with van der Waals surface area (Å²) in [5, 5.41) is 3.62. The number of aryl methyl sites for hydroxylation is 1. The van der Waals surface area contributed by atoms with E-state index in [-0.39, 0.29) is 0 Å². The molecule has 92 valence electrons. The minimum Gasteiger partial charge on any atom is -0.355 e. The van der Waals surface area contributed by atoms with Gasteiger partial charge in [0, 0.05) is 30.9 Å². The van der Waals surface area contributed by atoms with Crippen LogP contribution in [0, 0.1) is 5.92 Å². The van der Waals surface area contributed by atoms with Crippen LogP contribution in [0.25, 0.3) is 0 Å². The summed E-state index contributed by atoms with van der Waals surface area (Å²) in [6, 6.07) is 2.81. The fourth-order valence-corrected chi connectivity index (χ4v) is 2.99. The largest absolute Gasteiger partial charge is 0.355 e. The maximum absolute atomic E-state index is 4.41. The molecule has 4 nitrogen and oxygen atoms in total. The molecule has 1 aromatic rings. The Morgan fingerprint density at radius 1 is 1.41 bits per heavy atom. The van der Waals surface area contributed by atoms with E-state index in [1.165, 1.54) is 19.4 Å². The number of piperidine rings is 1. The fraction of sp³-hybridized carbons (Fsp3) is 0.692. The topological polar surface area (TPSA) is 41.0 Å². The summed E-state index contributed by atoms with van der Waals surface area (Å²) >= 11 is 0. The van der Waals surface area contributed by atoms with Crippen LogP contribution < -0.4 is 10.2 Å². The lowest BCUT2D eigenvalue weighted by molar-refractivity contribution is 0.340. The van der Waals surface area contributed by atoms with Gasteiger partial charge >= 0.3 is 0 Å². The highest BCUT2D eigenvalue weighted by Gasteiger charge is 2.34. The average molecular weight is 232 g/mol. The molecule has 4 heteroatoms. The Hall–Kier alpha value is -1.16. The number of fused-ring (bicyclic) bond motifs is 1. The third-order valence-corrected chi connectivity index (χ3v) is 3.99. The molecule has 0 radical (unpaired) electrons. The zero-order valence-corrected chi connectivity index (χ0v) is 10.4. The maximum atomic E-state index is 4.41. The first-order chi connectivity index (χ1) is 8.36. The van der Waals surface area contributed by atoms with Crippen LogP contribution in [0.15, 0.2) is 12.4 Å². The number of aromatic nitrogens is 2. The lowest BCUT2D eigenvalue weighted by Gasteiger charge is -2.24. The summed E-state index contributed by atoms with van der Waals surface area (Å²) < 4.78 is 0. The van der Waals surface area contributed by atoms with Crippen molar-refractivity contribution < 1.29 is 0 Å². The van der Waals surface area contributed by atoms with E-state index >= 15 is 0 Å². The number of hydrogen-bond donors (Lipinski definition) is 1. The van der Waals surface area contributed by atoms with Crippen LogP contribution in [0.5, 0.6) is 0 Å². The molecule has 0 spiro atoms. The first-order valence-corrected chi connectivity index (χ1v) is 6.66. The van der Waals surface area contributed by atoms with Crippen molar-refractivity contribution in [3.8, 4) is 0 Å². The zero-order valence-electron chi connectivity index (χ0n) is 10.4. The lowest BCUT2D eigenvalue weighted by Crippen LogP contribution is -2.40. The van der Waals surface area contributed by atoms with Gasteiger partial charge in [-0.2, -0.15) is 0 Å². The van der Waals surface area contributed by atoms with Gasteiger partial charge in [0.15, 0.2) is 0 Å². The van der Waals surface area contributed by atoms with Crippen molar-refractivity contribution >= 4 is 5.82 Å². The molecule has 2 unspecified atom stereocenters. The van der Waals surface area contributed by atoms with Gasteiger partial charge in [0.05, 0.1) is 0 Å². The summed E-state index contributed by atoms with van der Waals surface area (Å²) in [5.74, 6) is 1.91. The maximum Gasteiger partial charge on any atom is 0.132 e. The third-order valence-electron chi connectivity index (χ3n) is 3.99. The van der Waals surface area contributed by atoms with Crippen molar-refractivity contribution in [3.05, 3.63) is 18.1 Å². The SMILES string of the molecule is CCc1cc(N2CC3CCCNC3C2)ncn1. The molecule has 1 N–H and O–H groups in total. The number of nitrogens with one attached hydrogen (secondary N) is 1. The molecule has 0 amide bonds. The average Bonchev–Trinajstić information content (AvgIpc) is 2.82. The van der Waals surface area contributed by atoms with Crippen molar-refractivity contribution in [1.29, 1.82) is 0 Å². The molecule has 2 aliphatic rings. The van der Waals surface area contributed by atoms with E-state index in [1.54, 1.807) is 6.33 Å². The van der Waals surface area contributed by atoms with E-state index in [1.807, 2.05) is 0 Å². The van der Waals surface area contributed by atoms with E-state index in [2.05, 4.69) is 33.2 Å². The van der Waals surface area contributed by atoms with E-state index in [0.29, 0.717) is 6.04 Å². The molecular formula is C13H20N4. The van der Waals surface area contributed by atoms with Crippen LogP contribution in [-0.4, -0.2) is 35.6 Å². The van der Waals surface area contributed by atoms with Crippen LogP contribution >= 0.6 is 0 Å². The quantitative estimate of drug-likeness (QED) is 0.832. The molecular weight excluding hydrogens is 212 g/mol. The van der Waals surface area contributed by atoms with E-state index in [9.17, 15) is 0 Å². The number of anilines is 1. The second-order valence-corrected chi connectivity index (χ2v) is 5.09. The smallest absolute Gasteiger partial charge is 0.132 e. The Morgan fingerprint density at radius 3 is 3.18 bits per heavy atom. The molecule has 3 rings (SSSR count). The van der Waals surface area contributed by atoms with Gasteiger partial charge < -0.3 is 10.2 Å². The van der Waals surface area contributed by atoms with Gasteiger partial charge in [0.1, 0.15) is 12.1 Å². The van der Waals surface area contributed by atoms with Gasteiger partial charge in [-0.05, 0) is 31.7 Å². The molecule has 0 saturated carbocycles. The van der Waals surface area contributed by atoms with Crippen molar-refractivity contribution in [1.82, 2.24) is 15.3 Å². The van der Waals surface area contributed by atoms with E-state index in [0.717, 1.165) is 36.9 Å². The van der Waals surface area contributed by atoms with Crippen LogP contribution in [0.4, 0.5) is 5.82 Å². The van der Waals surface area contributed by atoms with Gasteiger partial charge in [-0.3, -0.25) is 0 Å². The first-order valence-electron chi connectivity index (χ1n) is 6.66. The summed E-state index contributed by atoms with van der Waals surface area (Å²) in [5.41, 5.74) is 1.14. The van der Waals surface area contributed by atoms with Gasteiger partial charge in [0.25, 0.3) is 0 Å². The predicted octanol–water partition coefficient (Wildman–Crippen LogP) is 1.23. The highest BCUT2D eigenvalue weighted by molar-refractivity contribution is 5.41. The third kappa shape index (κ3) is 2.14. The predicted molar refractivity (Wildman–Crippen MR) is 68.1 cm³/mol.